The Morgan fingerprint density at radius 2 is 2.31 bits per heavy atom. The lowest BCUT2D eigenvalue weighted by molar-refractivity contribution is 0.301. The number of rotatable bonds is 3. The highest BCUT2D eigenvalue weighted by molar-refractivity contribution is 5.57. The zero-order chi connectivity index (χ0) is 11.5. The van der Waals surface area contributed by atoms with Gasteiger partial charge in [-0.25, -0.2) is 0 Å². The topological polar surface area (TPSA) is 49.5 Å². The van der Waals surface area contributed by atoms with Crippen LogP contribution in [0.15, 0.2) is 18.2 Å². The molecule has 0 amide bonds. The van der Waals surface area contributed by atoms with E-state index in [1.807, 2.05) is 6.92 Å². The highest BCUT2D eigenvalue weighted by atomic mass is 16.3. The van der Waals surface area contributed by atoms with Gasteiger partial charge in [0.25, 0.3) is 0 Å². The molecule has 1 atom stereocenters. The van der Waals surface area contributed by atoms with Crippen LogP contribution in [0.2, 0.25) is 0 Å². The summed E-state index contributed by atoms with van der Waals surface area (Å²) in [7, 11) is 0. The summed E-state index contributed by atoms with van der Waals surface area (Å²) in [5.74, 6) is 0. The third-order valence-corrected chi connectivity index (χ3v) is 3.21. The first-order valence-electron chi connectivity index (χ1n) is 5.96. The summed E-state index contributed by atoms with van der Waals surface area (Å²) < 4.78 is 0. The van der Waals surface area contributed by atoms with Crippen molar-refractivity contribution in [3.8, 4) is 0 Å². The normalized spacial score (nSPS) is 17.1. The van der Waals surface area contributed by atoms with Crippen molar-refractivity contribution in [3.05, 3.63) is 29.3 Å². The number of aryl methyl sites for hydroxylation is 1. The summed E-state index contributed by atoms with van der Waals surface area (Å²) in [6.45, 7) is 4.00. The van der Waals surface area contributed by atoms with Crippen LogP contribution >= 0.6 is 0 Å². The molecule has 3 heteroatoms. The fourth-order valence-electron chi connectivity index (χ4n) is 2.33. The van der Waals surface area contributed by atoms with Gasteiger partial charge >= 0.3 is 0 Å². The Labute approximate surface area is 96.9 Å². The van der Waals surface area contributed by atoms with Gasteiger partial charge in [-0.2, -0.15) is 0 Å². The summed E-state index contributed by atoms with van der Waals surface area (Å²) >= 11 is 0. The molecule has 0 spiro atoms. The number of anilines is 1. The molecule has 1 aromatic rings. The molecule has 88 valence electrons. The molecule has 1 unspecified atom stereocenters. The van der Waals surface area contributed by atoms with Crippen LogP contribution in [-0.2, 0) is 6.42 Å². The molecule has 0 aliphatic carbocycles. The molecule has 0 saturated carbocycles. The first kappa shape index (κ1) is 11.4. The summed E-state index contributed by atoms with van der Waals surface area (Å²) in [6, 6.07) is 6.55. The second-order valence-electron chi connectivity index (χ2n) is 4.49. The van der Waals surface area contributed by atoms with Crippen molar-refractivity contribution in [2.45, 2.75) is 25.8 Å². The Kier molecular flexibility index (Phi) is 3.46. The van der Waals surface area contributed by atoms with E-state index < -0.39 is 0 Å². The van der Waals surface area contributed by atoms with Crippen LogP contribution < -0.4 is 10.6 Å². The van der Waals surface area contributed by atoms with E-state index in [0.29, 0.717) is 0 Å². The van der Waals surface area contributed by atoms with Gasteiger partial charge in [-0.1, -0.05) is 12.1 Å². The largest absolute Gasteiger partial charge is 0.395 e. The van der Waals surface area contributed by atoms with Gasteiger partial charge < -0.3 is 15.7 Å². The Morgan fingerprint density at radius 3 is 3.00 bits per heavy atom. The van der Waals surface area contributed by atoms with Gasteiger partial charge in [0.05, 0.1) is 6.61 Å². The fraction of sp³-hybridized carbons (Fsp3) is 0.538. The van der Waals surface area contributed by atoms with Gasteiger partial charge in [0.15, 0.2) is 0 Å². The van der Waals surface area contributed by atoms with Crippen LogP contribution in [0.25, 0.3) is 0 Å². The first-order chi connectivity index (χ1) is 7.72. The van der Waals surface area contributed by atoms with Crippen molar-refractivity contribution < 1.29 is 5.11 Å². The maximum atomic E-state index is 9.03. The van der Waals surface area contributed by atoms with Crippen molar-refractivity contribution in [1.29, 1.82) is 0 Å². The van der Waals surface area contributed by atoms with Crippen molar-refractivity contribution in [1.82, 2.24) is 0 Å². The molecule has 0 aromatic heterocycles. The molecule has 2 rings (SSSR count). The molecule has 0 bridgehead atoms. The van der Waals surface area contributed by atoms with Crippen LogP contribution in [0.1, 0.15) is 30.5 Å². The number of aliphatic hydroxyl groups is 1. The molecule has 1 heterocycles. The lowest BCUT2D eigenvalue weighted by atomic mass is 9.97. The van der Waals surface area contributed by atoms with Gasteiger partial charge in [0.2, 0.25) is 0 Å². The van der Waals surface area contributed by atoms with E-state index in [-0.39, 0.29) is 12.6 Å². The first-order valence-corrected chi connectivity index (χ1v) is 5.96. The minimum Gasteiger partial charge on any atom is -0.395 e. The van der Waals surface area contributed by atoms with Gasteiger partial charge in [0.1, 0.15) is 0 Å². The van der Waals surface area contributed by atoms with Crippen molar-refractivity contribution in [2.24, 2.45) is 5.73 Å². The minimum absolute atomic E-state index is 0.0959. The van der Waals surface area contributed by atoms with E-state index in [1.54, 1.807) is 0 Å². The lowest BCUT2D eigenvalue weighted by Gasteiger charge is -2.31. The second-order valence-corrected chi connectivity index (χ2v) is 4.49. The quantitative estimate of drug-likeness (QED) is 0.810. The molecule has 3 N–H and O–H groups in total. The van der Waals surface area contributed by atoms with Crippen LogP contribution in [0.4, 0.5) is 5.69 Å². The molecular formula is C13H20N2O. The predicted molar refractivity (Wildman–Crippen MR) is 66.7 cm³/mol. The van der Waals surface area contributed by atoms with E-state index in [0.717, 1.165) is 25.9 Å². The number of β-amino-alcohol motifs (C(OH)–C–C–N with tert-alkyl or cyclic N) is 1. The summed E-state index contributed by atoms with van der Waals surface area (Å²) in [6.07, 6.45) is 2.28. The molecule has 3 nitrogen and oxygen atoms in total. The van der Waals surface area contributed by atoms with Crippen LogP contribution in [0.3, 0.4) is 0 Å². The zero-order valence-electron chi connectivity index (χ0n) is 9.82. The third kappa shape index (κ3) is 2.20. The monoisotopic (exact) mass is 220 g/mol. The summed E-state index contributed by atoms with van der Waals surface area (Å²) in [4.78, 5) is 2.25. The van der Waals surface area contributed by atoms with Crippen molar-refractivity contribution in [2.75, 3.05) is 24.6 Å². The third-order valence-electron chi connectivity index (χ3n) is 3.21. The Balaban J connectivity index is 2.29. The van der Waals surface area contributed by atoms with Crippen molar-refractivity contribution >= 4 is 5.69 Å². The highest BCUT2D eigenvalue weighted by Crippen LogP contribution is 2.28. The zero-order valence-corrected chi connectivity index (χ0v) is 9.82. The van der Waals surface area contributed by atoms with E-state index in [4.69, 9.17) is 10.8 Å². The molecule has 0 saturated heterocycles. The number of fused-ring (bicyclic) bond motifs is 1. The Hall–Kier alpha value is -1.06. The lowest BCUT2D eigenvalue weighted by Crippen LogP contribution is -2.32. The molecule has 1 aliphatic rings. The van der Waals surface area contributed by atoms with E-state index in [2.05, 4.69) is 23.1 Å². The van der Waals surface area contributed by atoms with Gasteiger partial charge in [-0.05, 0) is 37.0 Å². The highest BCUT2D eigenvalue weighted by Gasteiger charge is 2.16. The average Bonchev–Trinajstić information content (AvgIpc) is 2.29. The second kappa shape index (κ2) is 4.85. The fourth-order valence-corrected chi connectivity index (χ4v) is 2.33. The van der Waals surface area contributed by atoms with Crippen LogP contribution in [0, 0.1) is 0 Å². The predicted octanol–water partition coefficient (Wildman–Crippen LogP) is 1.45. The maximum absolute atomic E-state index is 9.03. The number of hydrogen-bond acceptors (Lipinski definition) is 3. The van der Waals surface area contributed by atoms with E-state index in [9.17, 15) is 0 Å². The van der Waals surface area contributed by atoms with Crippen LogP contribution in [-0.4, -0.2) is 24.8 Å². The molecule has 1 aromatic carbocycles. The van der Waals surface area contributed by atoms with Crippen molar-refractivity contribution in [3.63, 3.8) is 0 Å². The number of nitrogens with zero attached hydrogens (tertiary/aromatic N) is 1. The smallest absolute Gasteiger partial charge is 0.0606 e. The summed E-state index contributed by atoms with van der Waals surface area (Å²) in [5, 5.41) is 9.03. The van der Waals surface area contributed by atoms with Crippen LogP contribution in [0.5, 0.6) is 0 Å². The van der Waals surface area contributed by atoms with Gasteiger partial charge in [-0.15, -0.1) is 0 Å². The minimum atomic E-state index is 0.0959. The summed E-state index contributed by atoms with van der Waals surface area (Å²) in [5.41, 5.74) is 9.72. The van der Waals surface area contributed by atoms with E-state index >= 15 is 0 Å². The van der Waals surface area contributed by atoms with E-state index in [1.165, 1.54) is 16.8 Å². The SMILES string of the molecule is CC(N)c1ccc2c(c1)CCCN2CCO. The number of benzene rings is 1. The molecular weight excluding hydrogens is 200 g/mol. The maximum Gasteiger partial charge on any atom is 0.0606 e. The molecule has 1 aliphatic heterocycles. The Morgan fingerprint density at radius 1 is 1.50 bits per heavy atom. The molecule has 0 radical (unpaired) electrons. The van der Waals surface area contributed by atoms with Gasteiger partial charge in [0, 0.05) is 24.8 Å². The number of aliphatic hydroxyl groups excluding tert-OH is 1. The molecule has 0 fully saturated rings. The average molecular weight is 220 g/mol. The Bertz CT molecular complexity index is 363. The van der Waals surface area contributed by atoms with Gasteiger partial charge in [-0.3, -0.25) is 0 Å². The number of hydrogen-bond donors (Lipinski definition) is 2. The number of nitrogens with two attached hydrogens (primary N) is 1. The standard InChI is InChI=1S/C13H20N2O/c1-10(14)11-4-5-13-12(9-11)3-2-6-15(13)7-8-16/h4-5,9-10,16H,2-3,6-8,14H2,1H3. The molecule has 16 heavy (non-hydrogen) atoms.